The van der Waals surface area contributed by atoms with Gasteiger partial charge in [-0.25, -0.2) is 4.98 Å². The molecule has 0 spiro atoms. The van der Waals surface area contributed by atoms with Gasteiger partial charge < -0.3 is 9.72 Å². The highest BCUT2D eigenvalue weighted by Crippen LogP contribution is 2.29. The molecule has 1 aliphatic rings. The molecule has 1 saturated heterocycles. The molecule has 0 radical (unpaired) electrons. The fraction of sp³-hybridized carbons (Fsp3) is 0.261. The van der Waals surface area contributed by atoms with Crippen LogP contribution in [0.15, 0.2) is 49.2 Å². The molecule has 6 heterocycles. The molecule has 1 fully saturated rings. The van der Waals surface area contributed by atoms with E-state index in [4.69, 9.17) is 4.74 Å². The lowest BCUT2D eigenvalue weighted by molar-refractivity contribution is 0.237. The van der Waals surface area contributed by atoms with Crippen molar-refractivity contribution < 1.29 is 4.74 Å². The number of ether oxygens (including phenoxy) is 1. The number of likely N-dealkylation sites (tertiary alicyclic amines) is 1. The van der Waals surface area contributed by atoms with E-state index in [0.29, 0.717) is 12.4 Å². The van der Waals surface area contributed by atoms with Crippen molar-refractivity contribution in [1.82, 2.24) is 40.0 Å². The topological polar surface area (TPSA) is 108 Å². The van der Waals surface area contributed by atoms with Gasteiger partial charge >= 0.3 is 0 Å². The molecule has 9 heteroatoms. The first-order valence-electron chi connectivity index (χ1n) is 10.8. The minimum absolute atomic E-state index is 0.657. The van der Waals surface area contributed by atoms with E-state index in [1.54, 1.807) is 31.0 Å². The predicted molar refractivity (Wildman–Crippen MR) is 121 cm³/mol. The minimum Gasteiger partial charge on any atom is -0.491 e. The second kappa shape index (κ2) is 8.01. The van der Waals surface area contributed by atoms with Gasteiger partial charge in [0, 0.05) is 29.9 Å². The van der Waals surface area contributed by atoms with E-state index in [-0.39, 0.29) is 0 Å². The maximum atomic E-state index is 5.96. The standard InChI is InChI=1S/C23H22N8O/c1-2-6-31(5-1)7-8-32-16-9-15(11-25-12-16)19-10-17-20(14-26-19)29-30-22(17)23-27-18-3-4-24-13-21(18)28-23/h3-4,9-14H,1-2,5-8H2,(H,27,28)(H,29,30). The van der Waals surface area contributed by atoms with Gasteiger partial charge in [-0.3, -0.25) is 25.0 Å². The van der Waals surface area contributed by atoms with Crippen LogP contribution in [0.25, 0.3) is 44.7 Å². The SMILES string of the molecule is c1cc2nc(-c3n[nH]c4cnc(-c5cncc(OCCN6CCCC6)c5)cc34)[nH]c2cn1. The van der Waals surface area contributed by atoms with Gasteiger partial charge in [0.05, 0.1) is 40.8 Å². The van der Waals surface area contributed by atoms with E-state index in [9.17, 15) is 0 Å². The Morgan fingerprint density at radius 1 is 1.00 bits per heavy atom. The van der Waals surface area contributed by atoms with Crippen LogP contribution in [0, 0.1) is 0 Å². The van der Waals surface area contributed by atoms with E-state index in [2.05, 4.69) is 40.0 Å². The lowest BCUT2D eigenvalue weighted by Gasteiger charge is -2.15. The smallest absolute Gasteiger partial charge is 0.159 e. The van der Waals surface area contributed by atoms with Gasteiger partial charge in [-0.2, -0.15) is 5.10 Å². The lowest BCUT2D eigenvalue weighted by atomic mass is 10.1. The van der Waals surface area contributed by atoms with Gasteiger partial charge in [-0.15, -0.1) is 0 Å². The number of hydrogen-bond donors (Lipinski definition) is 2. The number of nitrogens with one attached hydrogen (secondary N) is 2. The number of rotatable bonds is 6. The maximum absolute atomic E-state index is 5.96. The Labute approximate surface area is 183 Å². The summed E-state index contributed by atoms with van der Waals surface area (Å²) in [5, 5.41) is 8.44. The summed E-state index contributed by atoms with van der Waals surface area (Å²) < 4.78 is 5.96. The summed E-state index contributed by atoms with van der Waals surface area (Å²) in [4.78, 5) is 23.5. The number of imidazole rings is 1. The van der Waals surface area contributed by atoms with E-state index in [1.807, 2.05) is 18.2 Å². The van der Waals surface area contributed by atoms with Crippen molar-refractivity contribution in [2.45, 2.75) is 12.8 Å². The van der Waals surface area contributed by atoms with Crippen molar-refractivity contribution in [1.29, 1.82) is 0 Å². The second-order valence-electron chi connectivity index (χ2n) is 7.97. The Balaban J connectivity index is 1.28. The highest BCUT2D eigenvalue weighted by Gasteiger charge is 2.15. The van der Waals surface area contributed by atoms with Crippen LogP contribution < -0.4 is 4.74 Å². The molecule has 0 unspecified atom stereocenters. The summed E-state index contributed by atoms with van der Waals surface area (Å²) in [6.45, 7) is 3.94. The quantitative estimate of drug-likeness (QED) is 0.428. The molecular formula is C23H22N8O. The maximum Gasteiger partial charge on any atom is 0.159 e. The number of pyridine rings is 3. The molecule has 5 aromatic heterocycles. The average molecular weight is 426 g/mol. The Kier molecular flexibility index (Phi) is 4.73. The number of fused-ring (bicyclic) bond motifs is 2. The van der Waals surface area contributed by atoms with Crippen molar-refractivity contribution in [2.75, 3.05) is 26.2 Å². The first-order valence-corrected chi connectivity index (χ1v) is 10.8. The molecule has 9 nitrogen and oxygen atoms in total. The van der Waals surface area contributed by atoms with E-state index in [0.717, 1.165) is 51.2 Å². The van der Waals surface area contributed by atoms with Crippen molar-refractivity contribution in [3.8, 4) is 28.5 Å². The van der Waals surface area contributed by atoms with Crippen molar-refractivity contribution in [2.24, 2.45) is 0 Å². The van der Waals surface area contributed by atoms with E-state index < -0.39 is 0 Å². The highest BCUT2D eigenvalue weighted by atomic mass is 16.5. The molecule has 0 saturated carbocycles. The zero-order valence-corrected chi connectivity index (χ0v) is 17.5. The zero-order chi connectivity index (χ0) is 21.3. The molecule has 0 atom stereocenters. The first-order chi connectivity index (χ1) is 15.8. The van der Waals surface area contributed by atoms with Gasteiger partial charge in [0.1, 0.15) is 18.1 Å². The third-order valence-electron chi connectivity index (χ3n) is 5.84. The van der Waals surface area contributed by atoms with Gasteiger partial charge in [-0.05, 0) is 44.1 Å². The second-order valence-corrected chi connectivity index (χ2v) is 7.97. The van der Waals surface area contributed by atoms with Crippen LogP contribution in [0.2, 0.25) is 0 Å². The third kappa shape index (κ3) is 3.56. The Hall–Kier alpha value is -3.85. The molecule has 0 amide bonds. The number of hydrogen-bond acceptors (Lipinski definition) is 7. The average Bonchev–Trinajstić information content (AvgIpc) is 3.58. The van der Waals surface area contributed by atoms with Crippen LogP contribution in [0.4, 0.5) is 0 Å². The molecule has 0 bridgehead atoms. The van der Waals surface area contributed by atoms with Crippen LogP contribution in [-0.2, 0) is 0 Å². The van der Waals surface area contributed by atoms with Crippen LogP contribution in [0.3, 0.4) is 0 Å². The molecule has 2 N–H and O–H groups in total. The first kappa shape index (κ1) is 18.9. The molecule has 32 heavy (non-hydrogen) atoms. The van der Waals surface area contributed by atoms with Crippen molar-refractivity contribution >= 4 is 21.9 Å². The molecular weight excluding hydrogens is 404 g/mol. The minimum atomic E-state index is 0.657. The van der Waals surface area contributed by atoms with Gasteiger partial charge in [0.15, 0.2) is 5.82 Å². The normalized spacial score (nSPS) is 14.5. The van der Waals surface area contributed by atoms with Crippen LogP contribution >= 0.6 is 0 Å². The van der Waals surface area contributed by atoms with Crippen LogP contribution in [0.1, 0.15) is 12.8 Å². The number of H-pyrrole nitrogens is 2. The van der Waals surface area contributed by atoms with Crippen LogP contribution in [0.5, 0.6) is 5.75 Å². The summed E-state index contributed by atoms with van der Waals surface area (Å²) in [5.41, 5.74) is 5.00. The molecule has 0 aromatic carbocycles. The number of nitrogens with zero attached hydrogens (tertiary/aromatic N) is 6. The Morgan fingerprint density at radius 3 is 2.84 bits per heavy atom. The van der Waals surface area contributed by atoms with Gasteiger partial charge in [0.2, 0.25) is 0 Å². The van der Waals surface area contributed by atoms with E-state index in [1.165, 1.54) is 25.9 Å². The molecule has 1 aliphatic heterocycles. The predicted octanol–water partition coefficient (Wildman–Crippen LogP) is 3.43. The monoisotopic (exact) mass is 426 g/mol. The zero-order valence-electron chi connectivity index (χ0n) is 17.5. The molecule has 5 aromatic rings. The summed E-state index contributed by atoms with van der Waals surface area (Å²) in [6.07, 6.45) is 11.4. The fourth-order valence-corrected chi connectivity index (χ4v) is 4.16. The summed E-state index contributed by atoms with van der Waals surface area (Å²) >= 11 is 0. The summed E-state index contributed by atoms with van der Waals surface area (Å²) in [7, 11) is 0. The Morgan fingerprint density at radius 2 is 1.94 bits per heavy atom. The third-order valence-corrected chi connectivity index (χ3v) is 5.84. The van der Waals surface area contributed by atoms with E-state index >= 15 is 0 Å². The van der Waals surface area contributed by atoms with Gasteiger partial charge in [-0.1, -0.05) is 0 Å². The molecule has 6 rings (SSSR count). The summed E-state index contributed by atoms with van der Waals surface area (Å²) in [6, 6.07) is 5.86. The fourth-order valence-electron chi connectivity index (χ4n) is 4.16. The van der Waals surface area contributed by atoms with Gasteiger partial charge in [0.25, 0.3) is 0 Å². The molecule has 0 aliphatic carbocycles. The summed E-state index contributed by atoms with van der Waals surface area (Å²) in [5.74, 6) is 1.44. The Bertz CT molecular complexity index is 1350. The largest absolute Gasteiger partial charge is 0.491 e. The number of aromatic amines is 2. The van der Waals surface area contributed by atoms with Crippen LogP contribution in [-0.4, -0.2) is 66.3 Å². The molecule has 160 valence electrons. The number of aromatic nitrogens is 7. The lowest BCUT2D eigenvalue weighted by Crippen LogP contribution is -2.25. The highest BCUT2D eigenvalue weighted by molar-refractivity contribution is 5.94. The van der Waals surface area contributed by atoms with Crippen molar-refractivity contribution in [3.63, 3.8) is 0 Å². The van der Waals surface area contributed by atoms with Crippen molar-refractivity contribution in [3.05, 3.63) is 49.2 Å².